The second kappa shape index (κ2) is 4.86. The Morgan fingerprint density at radius 3 is 2.67 bits per heavy atom. The lowest BCUT2D eigenvalue weighted by atomic mass is 9.76. The van der Waals surface area contributed by atoms with Gasteiger partial charge < -0.3 is 5.73 Å². The van der Waals surface area contributed by atoms with Gasteiger partial charge in [0.15, 0.2) is 0 Å². The molecule has 0 heterocycles. The number of nitrogens with two attached hydrogens (primary N) is 1. The van der Waals surface area contributed by atoms with Crippen LogP contribution >= 0.6 is 0 Å². The van der Waals surface area contributed by atoms with Crippen LogP contribution in [-0.2, 0) is 0 Å². The van der Waals surface area contributed by atoms with Crippen molar-refractivity contribution in [2.75, 3.05) is 0 Å². The topological polar surface area (TPSA) is 26.0 Å². The van der Waals surface area contributed by atoms with E-state index in [1.807, 2.05) is 0 Å². The maximum absolute atomic E-state index is 6.06. The molecule has 1 rings (SSSR count). The fraction of sp³-hybridized carbons (Fsp3) is 1.00. The Bertz CT molecular complexity index is 120. The quantitative estimate of drug-likeness (QED) is 0.690. The molecule has 72 valence electrons. The highest BCUT2D eigenvalue weighted by molar-refractivity contribution is 4.79. The third kappa shape index (κ3) is 2.48. The highest BCUT2D eigenvalue weighted by Gasteiger charge is 2.24. The van der Waals surface area contributed by atoms with Crippen molar-refractivity contribution in [2.24, 2.45) is 17.6 Å². The lowest BCUT2D eigenvalue weighted by Gasteiger charge is -2.31. The molecule has 3 atom stereocenters. The van der Waals surface area contributed by atoms with E-state index in [0.717, 1.165) is 18.3 Å². The van der Waals surface area contributed by atoms with E-state index in [2.05, 4.69) is 13.8 Å². The summed E-state index contributed by atoms with van der Waals surface area (Å²) in [5, 5.41) is 0. The third-order valence-electron chi connectivity index (χ3n) is 3.48. The average molecular weight is 169 g/mol. The van der Waals surface area contributed by atoms with Crippen LogP contribution in [0.4, 0.5) is 0 Å². The van der Waals surface area contributed by atoms with E-state index in [4.69, 9.17) is 5.73 Å². The zero-order valence-electron chi connectivity index (χ0n) is 8.55. The first-order valence-electron chi connectivity index (χ1n) is 5.53. The Morgan fingerprint density at radius 2 is 2.08 bits per heavy atom. The molecule has 2 unspecified atom stereocenters. The van der Waals surface area contributed by atoms with Gasteiger partial charge in [0, 0.05) is 6.04 Å². The molecule has 0 radical (unpaired) electrons. The van der Waals surface area contributed by atoms with Gasteiger partial charge in [-0.3, -0.25) is 0 Å². The normalized spacial score (nSPS) is 33.2. The molecular formula is C11H23N. The zero-order valence-corrected chi connectivity index (χ0v) is 8.55. The molecule has 1 fully saturated rings. The molecule has 0 aromatic rings. The van der Waals surface area contributed by atoms with E-state index < -0.39 is 0 Å². The lowest BCUT2D eigenvalue weighted by Crippen LogP contribution is -2.33. The molecular weight excluding hydrogens is 146 g/mol. The second-order valence-corrected chi connectivity index (χ2v) is 4.27. The van der Waals surface area contributed by atoms with Gasteiger partial charge in [-0.25, -0.2) is 0 Å². The summed E-state index contributed by atoms with van der Waals surface area (Å²) in [7, 11) is 0. The first-order valence-corrected chi connectivity index (χ1v) is 5.53. The van der Waals surface area contributed by atoms with Crippen molar-refractivity contribution < 1.29 is 0 Å². The Kier molecular flexibility index (Phi) is 4.07. The van der Waals surface area contributed by atoms with Crippen molar-refractivity contribution in [3.05, 3.63) is 0 Å². The molecule has 0 bridgehead atoms. The van der Waals surface area contributed by atoms with Gasteiger partial charge in [0.25, 0.3) is 0 Å². The predicted molar refractivity (Wildman–Crippen MR) is 54.0 cm³/mol. The molecule has 0 aliphatic heterocycles. The lowest BCUT2D eigenvalue weighted by molar-refractivity contribution is 0.226. The SMILES string of the molecule is CCC1CCCC([C@@H](N)CC)C1. The summed E-state index contributed by atoms with van der Waals surface area (Å²) in [6.45, 7) is 4.52. The summed E-state index contributed by atoms with van der Waals surface area (Å²) < 4.78 is 0. The fourth-order valence-corrected chi connectivity index (χ4v) is 2.43. The van der Waals surface area contributed by atoms with E-state index in [-0.39, 0.29) is 0 Å². The maximum Gasteiger partial charge on any atom is 0.00646 e. The van der Waals surface area contributed by atoms with Gasteiger partial charge in [-0.15, -0.1) is 0 Å². The smallest absolute Gasteiger partial charge is 0.00646 e. The molecule has 2 N–H and O–H groups in total. The summed E-state index contributed by atoms with van der Waals surface area (Å²) in [6, 6.07) is 0.472. The number of hydrogen-bond acceptors (Lipinski definition) is 1. The minimum atomic E-state index is 0.472. The average Bonchev–Trinajstić information content (AvgIpc) is 2.17. The summed E-state index contributed by atoms with van der Waals surface area (Å²) >= 11 is 0. The van der Waals surface area contributed by atoms with Crippen molar-refractivity contribution in [1.82, 2.24) is 0 Å². The first kappa shape index (κ1) is 10.0. The molecule has 0 aromatic heterocycles. The van der Waals surface area contributed by atoms with E-state index in [0.29, 0.717) is 6.04 Å². The molecule has 1 heteroatoms. The highest BCUT2D eigenvalue weighted by Crippen LogP contribution is 2.32. The van der Waals surface area contributed by atoms with Crippen LogP contribution in [0.1, 0.15) is 52.4 Å². The van der Waals surface area contributed by atoms with Gasteiger partial charge in [-0.05, 0) is 31.1 Å². The molecule has 1 aliphatic rings. The molecule has 0 aromatic carbocycles. The molecule has 1 nitrogen and oxygen atoms in total. The van der Waals surface area contributed by atoms with Crippen molar-refractivity contribution in [1.29, 1.82) is 0 Å². The monoisotopic (exact) mass is 169 g/mol. The molecule has 0 saturated heterocycles. The van der Waals surface area contributed by atoms with Crippen molar-refractivity contribution in [3.63, 3.8) is 0 Å². The number of hydrogen-bond donors (Lipinski definition) is 1. The molecule has 0 amide bonds. The van der Waals surface area contributed by atoms with Crippen LogP contribution in [0.2, 0.25) is 0 Å². The zero-order chi connectivity index (χ0) is 8.97. The number of rotatable bonds is 3. The van der Waals surface area contributed by atoms with E-state index in [1.54, 1.807) is 0 Å². The summed E-state index contributed by atoms with van der Waals surface area (Å²) in [4.78, 5) is 0. The Balaban J connectivity index is 2.34. The van der Waals surface area contributed by atoms with E-state index >= 15 is 0 Å². The second-order valence-electron chi connectivity index (χ2n) is 4.27. The Morgan fingerprint density at radius 1 is 1.33 bits per heavy atom. The molecule has 1 saturated carbocycles. The van der Waals surface area contributed by atoms with Gasteiger partial charge in [-0.1, -0.05) is 33.1 Å². The maximum atomic E-state index is 6.06. The standard InChI is InChI=1S/C11H23N/c1-3-9-6-5-7-10(8-9)11(12)4-2/h9-11H,3-8,12H2,1-2H3/t9?,10?,11-/m0/s1. The minimum absolute atomic E-state index is 0.472. The van der Waals surface area contributed by atoms with Gasteiger partial charge in [0.1, 0.15) is 0 Å². The van der Waals surface area contributed by atoms with Gasteiger partial charge in [0.2, 0.25) is 0 Å². The van der Waals surface area contributed by atoms with E-state index in [1.165, 1.54) is 32.1 Å². The van der Waals surface area contributed by atoms with Crippen LogP contribution in [0, 0.1) is 11.8 Å². The summed E-state index contributed by atoms with van der Waals surface area (Å²) in [6.07, 6.45) is 8.14. The van der Waals surface area contributed by atoms with Gasteiger partial charge >= 0.3 is 0 Å². The van der Waals surface area contributed by atoms with Gasteiger partial charge in [-0.2, -0.15) is 0 Å². The fourth-order valence-electron chi connectivity index (χ4n) is 2.43. The van der Waals surface area contributed by atoms with Gasteiger partial charge in [0.05, 0.1) is 0 Å². The summed E-state index contributed by atoms with van der Waals surface area (Å²) in [5.41, 5.74) is 6.06. The Labute approximate surface area is 76.7 Å². The van der Waals surface area contributed by atoms with E-state index in [9.17, 15) is 0 Å². The first-order chi connectivity index (χ1) is 5.77. The third-order valence-corrected chi connectivity index (χ3v) is 3.48. The van der Waals surface area contributed by atoms with Crippen molar-refractivity contribution in [2.45, 2.75) is 58.4 Å². The minimum Gasteiger partial charge on any atom is -0.327 e. The summed E-state index contributed by atoms with van der Waals surface area (Å²) in [5.74, 6) is 1.80. The van der Waals surface area contributed by atoms with Crippen LogP contribution in [0.15, 0.2) is 0 Å². The van der Waals surface area contributed by atoms with Crippen molar-refractivity contribution in [3.8, 4) is 0 Å². The molecule has 1 aliphatic carbocycles. The van der Waals surface area contributed by atoms with Crippen LogP contribution in [-0.4, -0.2) is 6.04 Å². The van der Waals surface area contributed by atoms with Crippen LogP contribution in [0.25, 0.3) is 0 Å². The van der Waals surface area contributed by atoms with Crippen LogP contribution < -0.4 is 5.73 Å². The molecule has 12 heavy (non-hydrogen) atoms. The molecule has 0 spiro atoms. The highest BCUT2D eigenvalue weighted by atomic mass is 14.6. The predicted octanol–water partition coefficient (Wildman–Crippen LogP) is 2.94. The Hall–Kier alpha value is -0.0400. The van der Waals surface area contributed by atoms with Crippen LogP contribution in [0.5, 0.6) is 0 Å². The largest absolute Gasteiger partial charge is 0.327 e. The van der Waals surface area contributed by atoms with Crippen LogP contribution in [0.3, 0.4) is 0 Å². The van der Waals surface area contributed by atoms with Crippen molar-refractivity contribution >= 4 is 0 Å².